The lowest BCUT2D eigenvalue weighted by Crippen LogP contribution is -2.29. The van der Waals surface area contributed by atoms with Gasteiger partial charge < -0.3 is 15.6 Å². The molecular formula is C18H15F2N3O4. The lowest BCUT2D eigenvalue weighted by Gasteiger charge is -2.14. The SMILES string of the molecule is CCOC(C(N)=O)n1nc(-c2cccc(F)c2)c2c(F)c(C(=O)O)ccc21. The zero-order chi connectivity index (χ0) is 19.7. The van der Waals surface area contributed by atoms with E-state index in [1.54, 1.807) is 6.92 Å². The Balaban J connectivity index is 2.38. The van der Waals surface area contributed by atoms with E-state index in [9.17, 15) is 23.5 Å². The predicted octanol–water partition coefficient (Wildman–Crippen LogP) is 2.70. The van der Waals surface area contributed by atoms with Crippen LogP contribution < -0.4 is 5.73 Å². The third kappa shape index (κ3) is 3.24. The van der Waals surface area contributed by atoms with Crippen LogP contribution in [0.3, 0.4) is 0 Å². The molecule has 1 aromatic heterocycles. The van der Waals surface area contributed by atoms with Gasteiger partial charge in [0, 0.05) is 12.2 Å². The van der Waals surface area contributed by atoms with Crippen LogP contribution in [0.25, 0.3) is 22.2 Å². The number of carbonyl (C=O) groups excluding carboxylic acids is 1. The van der Waals surface area contributed by atoms with E-state index in [1.165, 1.54) is 24.3 Å². The number of hydrogen-bond acceptors (Lipinski definition) is 4. The Hall–Kier alpha value is -3.33. The van der Waals surface area contributed by atoms with E-state index in [1.807, 2.05) is 0 Å². The number of rotatable bonds is 6. The molecule has 0 bridgehead atoms. The van der Waals surface area contributed by atoms with Gasteiger partial charge in [0.1, 0.15) is 17.3 Å². The maximum Gasteiger partial charge on any atom is 0.338 e. The number of aromatic carboxylic acids is 1. The average Bonchev–Trinajstić information content (AvgIpc) is 2.99. The van der Waals surface area contributed by atoms with Crippen LogP contribution in [-0.4, -0.2) is 33.4 Å². The number of ether oxygens (including phenoxy) is 1. The van der Waals surface area contributed by atoms with Gasteiger partial charge in [-0.1, -0.05) is 12.1 Å². The molecule has 0 saturated carbocycles. The summed E-state index contributed by atoms with van der Waals surface area (Å²) in [5.74, 6) is -3.97. The van der Waals surface area contributed by atoms with Gasteiger partial charge in [-0.25, -0.2) is 18.3 Å². The van der Waals surface area contributed by atoms with E-state index >= 15 is 0 Å². The number of halogens is 2. The van der Waals surface area contributed by atoms with Crippen LogP contribution in [0.15, 0.2) is 36.4 Å². The van der Waals surface area contributed by atoms with Crippen molar-refractivity contribution in [3.63, 3.8) is 0 Å². The number of benzene rings is 2. The summed E-state index contributed by atoms with van der Waals surface area (Å²) in [6.45, 7) is 1.76. The van der Waals surface area contributed by atoms with Crippen molar-refractivity contribution in [1.82, 2.24) is 9.78 Å². The lowest BCUT2D eigenvalue weighted by atomic mass is 10.0. The molecule has 0 saturated heterocycles. The number of amides is 1. The Bertz CT molecular complexity index is 1050. The molecule has 0 fully saturated rings. The quantitative estimate of drug-likeness (QED) is 0.689. The first-order chi connectivity index (χ1) is 12.8. The smallest absolute Gasteiger partial charge is 0.338 e. The van der Waals surface area contributed by atoms with Crippen LogP contribution >= 0.6 is 0 Å². The molecule has 0 aliphatic carbocycles. The molecule has 27 heavy (non-hydrogen) atoms. The van der Waals surface area contributed by atoms with Gasteiger partial charge in [0.15, 0.2) is 0 Å². The minimum atomic E-state index is -1.47. The summed E-state index contributed by atoms with van der Waals surface area (Å²) in [4.78, 5) is 23.1. The number of carbonyl (C=O) groups is 2. The minimum absolute atomic E-state index is 0.0314. The van der Waals surface area contributed by atoms with Crippen molar-refractivity contribution < 1.29 is 28.2 Å². The second-order valence-electron chi connectivity index (χ2n) is 5.64. The van der Waals surface area contributed by atoms with Crippen molar-refractivity contribution >= 4 is 22.8 Å². The number of nitrogens with two attached hydrogens (primary N) is 1. The minimum Gasteiger partial charge on any atom is -0.478 e. The average molecular weight is 375 g/mol. The van der Waals surface area contributed by atoms with Crippen LogP contribution in [0, 0.1) is 11.6 Å². The molecule has 0 aliphatic rings. The Labute approximate surface area is 152 Å². The summed E-state index contributed by atoms with van der Waals surface area (Å²) in [6.07, 6.45) is -1.34. The fourth-order valence-corrected chi connectivity index (χ4v) is 2.81. The maximum absolute atomic E-state index is 14.9. The summed E-state index contributed by atoms with van der Waals surface area (Å²) in [5.41, 5.74) is 5.05. The molecular weight excluding hydrogens is 360 g/mol. The first-order valence-corrected chi connectivity index (χ1v) is 7.96. The number of primary amides is 1. The molecule has 0 aliphatic heterocycles. The van der Waals surface area contributed by atoms with Gasteiger partial charge in [-0.2, -0.15) is 5.10 Å². The maximum atomic E-state index is 14.9. The van der Waals surface area contributed by atoms with Crippen LogP contribution in [0.1, 0.15) is 23.5 Å². The summed E-state index contributed by atoms with van der Waals surface area (Å²) >= 11 is 0. The van der Waals surface area contributed by atoms with E-state index in [0.29, 0.717) is 0 Å². The third-order valence-corrected chi connectivity index (χ3v) is 3.93. The monoisotopic (exact) mass is 375 g/mol. The van der Waals surface area contributed by atoms with Crippen molar-refractivity contribution in [2.24, 2.45) is 5.73 Å². The number of carboxylic acid groups (broad SMARTS) is 1. The topological polar surface area (TPSA) is 107 Å². The van der Waals surface area contributed by atoms with Crippen molar-refractivity contribution in [3.05, 3.63) is 53.6 Å². The zero-order valence-electron chi connectivity index (χ0n) is 14.1. The molecule has 3 rings (SSSR count). The van der Waals surface area contributed by atoms with Gasteiger partial charge in [-0.15, -0.1) is 0 Å². The Morgan fingerprint density at radius 3 is 2.63 bits per heavy atom. The van der Waals surface area contributed by atoms with E-state index < -0.39 is 35.3 Å². The number of fused-ring (bicyclic) bond motifs is 1. The van der Waals surface area contributed by atoms with Crippen LogP contribution in [0.4, 0.5) is 8.78 Å². The molecule has 1 unspecified atom stereocenters. The van der Waals surface area contributed by atoms with Gasteiger partial charge in [0.2, 0.25) is 6.23 Å². The Morgan fingerprint density at radius 2 is 2.04 bits per heavy atom. The summed E-state index contributed by atoms with van der Waals surface area (Å²) < 4.78 is 35.0. The van der Waals surface area contributed by atoms with E-state index in [0.717, 1.165) is 16.8 Å². The Morgan fingerprint density at radius 1 is 1.30 bits per heavy atom. The van der Waals surface area contributed by atoms with Crippen molar-refractivity contribution in [2.75, 3.05) is 6.61 Å². The molecule has 3 N–H and O–H groups in total. The van der Waals surface area contributed by atoms with Crippen LogP contribution in [0.5, 0.6) is 0 Å². The molecule has 1 amide bonds. The number of nitrogens with zero attached hydrogens (tertiary/aromatic N) is 2. The first kappa shape index (κ1) is 18.5. The third-order valence-electron chi connectivity index (χ3n) is 3.93. The largest absolute Gasteiger partial charge is 0.478 e. The fraction of sp³-hybridized carbons (Fsp3) is 0.167. The van der Waals surface area contributed by atoms with E-state index in [2.05, 4.69) is 5.10 Å². The first-order valence-electron chi connectivity index (χ1n) is 7.96. The van der Waals surface area contributed by atoms with Crippen molar-refractivity contribution in [3.8, 4) is 11.3 Å². The van der Waals surface area contributed by atoms with Gasteiger partial charge in [0.05, 0.1) is 16.5 Å². The highest BCUT2D eigenvalue weighted by Crippen LogP contribution is 2.33. The second kappa shape index (κ2) is 7.12. The lowest BCUT2D eigenvalue weighted by molar-refractivity contribution is -0.135. The summed E-state index contributed by atoms with van der Waals surface area (Å²) in [7, 11) is 0. The molecule has 7 nitrogen and oxygen atoms in total. The van der Waals surface area contributed by atoms with Crippen molar-refractivity contribution in [2.45, 2.75) is 13.2 Å². The number of aromatic nitrogens is 2. The molecule has 140 valence electrons. The molecule has 0 spiro atoms. The highest BCUT2D eigenvalue weighted by atomic mass is 19.1. The van der Waals surface area contributed by atoms with E-state index in [4.69, 9.17) is 10.5 Å². The van der Waals surface area contributed by atoms with Crippen LogP contribution in [-0.2, 0) is 9.53 Å². The summed E-state index contributed by atoms with van der Waals surface area (Å²) in [6, 6.07) is 7.57. The number of hydrogen-bond donors (Lipinski definition) is 2. The number of carboxylic acids is 1. The predicted molar refractivity (Wildman–Crippen MR) is 91.9 cm³/mol. The highest BCUT2D eigenvalue weighted by molar-refractivity contribution is 6.00. The molecule has 9 heteroatoms. The van der Waals surface area contributed by atoms with Gasteiger partial charge in [-0.3, -0.25) is 4.79 Å². The molecule has 1 atom stereocenters. The summed E-state index contributed by atoms with van der Waals surface area (Å²) in [5, 5.41) is 13.2. The second-order valence-corrected chi connectivity index (χ2v) is 5.64. The fourth-order valence-electron chi connectivity index (χ4n) is 2.81. The highest BCUT2D eigenvalue weighted by Gasteiger charge is 2.27. The van der Waals surface area contributed by atoms with Crippen molar-refractivity contribution in [1.29, 1.82) is 0 Å². The van der Waals surface area contributed by atoms with Gasteiger partial charge in [0.25, 0.3) is 5.91 Å². The Kier molecular flexibility index (Phi) is 4.87. The normalized spacial score (nSPS) is 12.3. The molecule has 0 radical (unpaired) electrons. The van der Waals surface area contributed by atoms with E-state index in [-0.39, 0.29) is 28.8 Å². The standard InChI is InChI=1S/C18H15F2N3O4/c1-2-27-17(16(21)24)23-12-7-6-11(18(25)26)14(20)13(12)15(22-23)9-4-3-5-10(19)8-9/h3-8,17H,2H2,1H3,(H2,21,24)(H,25,26). The molecule has 3 aromatic rings. The van der Waals surface area contributed by atoms with Gasteiger partial charge in [-0.05, 0) is 31.2 Å². The van der Waals surface area contributed by atoms with Gasteiger partial charge >= 0.3 is 5.97 Å². The molecule has 2 aromatic carbocycles. The molecule has 1 heterocycles. The van der Waals surface area contributed by atoms with Crippen LogP contribution in [0.2, 0.25) is 0 Å². The zero-order valence-corrected chi connectivity index (χ0v) is 14.1.